The molecule has 2 atom stereocenters. The topological polar surface area (TPSA) is 50.4 Å². The first-order valence-corrected chi connectivity index (χ1v) is 10.6. The highest BCUT2D eigenvalue weighted by Gasteiger charge is 2.60. The highest BCUT2D eigenvalue weighted by atomic mass is 16.5. The predicted octanol–water partition coefficient (Wildman–Crippen LogP) is 3.19. The molecule has 1 aromatic carbocycles. The lowest BCUT2D eigenvalue weighted by atomic mass is 9.42. The van der Waals surface area contributed by atoms with Crippen molar-refractivity contribution in [3.63, 3.8) is 0 Å². The van der Waals surface area contributed by atoms with Crippen LogP contribution in [0.4, 0.5) is 0 Å². The monoisotopic (exact) mass is 370 g/mol. The molecule has 1 aromatic rings. The van der Waals surface area contributed by atoms with Gasteiger partial charge < -0.3 is 15.4 Å². The Balaban J connectivity index is 1.45. The van der Waals surface area contributed by atoms with Crippen LogP contribution in [0.1, 0.15) is 49.7 Å². The molecule has 4 bridgehead atoms. The van der Waals surface area contributed by atoms with E-state index in [1.54, 1.807) is 7.11 Å². The van der Waals surface area contributed by atoms with Crippen molar-refractivity contribution >= 4 is 5.91 Å². The lowest BCUT2D eigenvalue weighted by Gasteiger charge is -2.61. The molecule has 0 aromatic heterocycles. The van der Waals surface area contributed by atoms with Crippen LogP contribution in [0, 0.1) is 24.2 Å². The van der Waals surface area contributed by atoms with Crippen LogP contribution in [0.25, 0.3) is 0 Å². The molecule has 4 saturated carbocycles. The van der Waals surface area contributed by atoms with Gasteiger partial charge in [-0.05, 0) is 68.3 Å². The first-order valence-electron chi connectivity index (χ1n) is 10.6. The van der Waals surface area contributed by atoms with Gasteiger partial charge in [-0.25, -0.2) is 0 Å². The van der Waals surface area contributed by atoms with Crippen molar-refractivity contribution in [2.45, 2.75) is 50.9 Å². The Morgan fingerprint density at radius 1 is 1.07 bits per heavy atom. The summed E-state index contributed by atoms with van der Waals surface area (Å²) >= 11 is 0. The van der Waals surface area contributed by atoms with E-state index in [4.69, 9.17) is 4.74 Å². The molecule has 2 unspecified atom stereocenters. The zero-order chi connectivity index (χ0) is 18.9. The fourth-order valence-electron chi connectivity index (χ4n) is 6.52. The Kier molecular flexibility index (Phi) is 5.30. The molecule has 1 amide bonds. The molecule has 0 heterocycles. The van der Waals surface area contributed by atoms with E-state index in [0.717, 1.165) is 44.2 Å². The minimum atomic E-state index is -0.137. The van der Waals surface area contributed by atoms with E-state index in [2.05, 4.69) is 41.8 Å². The molecule has 4 fully saturated rings. The van der Waals surface area contributed by atoms with E-state index in [1.165, 1.54) is 30.4 Å². The summed E-state index contributed by atoms with van der Waals surface area (Å²) in [6, 6.07) is 9.14. The third kappa shape index (κ3) is 3.66. The number of methoxy groups -OCH3 is 1. The number of carbonyl (C=O) groups is 1. The minimum absolute atomic E-state index is 0.137. The second kappa shape index (κ2) is 7.56. The summed E-state index contributed by atoms with van der Waals surface area (Å²) in [6.07, 6.45) is 7.13. The van der Waals surface area contributed by atoms with Crippen molar-refractivity contribution in [3.8, 4) is 0 Å². The van der Waals surface area contributed by atoms with Gasteiger partial charge in [-0.3, -0.25) is 4.79 Å². The van der Waals surface area contributed by atoms with Crippen molar-refractivity contribution in [3.05, 3.63) is 35.4 Å². The number of ether oxygens (including phenoxy) is 1. The van der Waals surface area contributed by atoms with Gasteiger partial charge in [-0.1, -0.05) is 29.8 Å². The van der Waals surface area contributed by atoms with Gasteiger partial charge in [0.1, 0.15) is 0 Å². The number of aryl methyl sites for hydroxylation is 1. The highest BCUT2D eigenvalue weighted by Crippen LogP contribution is 2.65. The van der Waals surface area contributed by atoms with Gasteiger partial charge in [0.05, 0.1) is 12.0 Å². The first-order chi connectivity index (χ1) is 13.1. The lowest BCUT2D eigenvalue weighted by Crippen LogP contribution is -2.59. The van der Waals surface area contributed by atoms with E-state index in [9.17, 15) is 4.79 Å². The maximum Gasteiger partial charge on any atom is 0.226 e. The normalized spacial score (nSPS) is 34.0. The van der Waals surface area contributed by atoms with E-state index in [0.29, 0.717) is 19.1 Å². The number of hydrogen-bond donors (Lipinski definition) is 2. The standard InChI is InChI=1S/C23H34N2O2/c1-17-3-5-20(6-4-17)22-12-18-11-19(13-22)15-23(14-18,16-22)21(26)25-8-7-24-9-10-27-2/h3-6,18-19,24H,7-16H2,1-2H3,(H,25,26). The van der Waals surface area contributed by atoms with E-state index >= 15 is 0 Å². The van der Waals surface area contributed by atoms with Gasteiger partial charge in [-0.2, -0.15) is 0 Å². The molecule has 0 aliphatic heterocycles. The van der Waals surface area contributed by atoms with Gasteiger partial charge in [-0.15, -0.1) is 0 Å². The quantitative estimate of drug-likeness (QED) is 0.691. The van der Waals surface area contributed by atoms with Crippen molar-refractivity contribution in [2.75, 3.05) is 33.4 Å². The fourth-order valence-corrected chi connectivity index (χ4v) is 6.52. The Morgan fingerprint density at radius 3 is 2.44 bits per heavy atom. The number of benzene rings is 1. The van der Waals surface area contributed by atoms with E-state index in [1.807, 2.05) is 0 Å². The SMILES string of the molecule is COCCNCCNC(=O)C12CC3CC(C1)CC(c1ccc(C)cc1)(C3)C2. The van der Waals surface area contributed by atoms with Gasteiger partial charge in [0.2, 0.25) is 5.91 Å². The second-order valence-corrected chi connectivity index (χ2v) is 9.39. The fraction of sp³-hybridized carbons (Fsp3) is 0.696. The summed E-state index contributed by atoms with van der Waals surface area (Å²) < 4.78 is 5.04. The zero-order valence-corrected chi connectivity index (χ0v) is 16.9. The maximum absolute atomic E-state index is 13.2. The van der Waals surface area contributed by atoms with Crippen LogP contribution >= 0.6 is 0 Å². The number of carbonyl (C=O) groups excluding carboxylic acids is 1. The molecule has 148 valence electrons. The highest BCUT2D eigenvalue weighted by molar-refractivity contribution is 5.83. The molecule has 27 heavy (non-hydrogen) atoms. The van der Waals surface area contributed by atoms with Gasteiger partial charge in [0, 0.05) is 26.7 Å². The first kappa shape index (κ1) is 18.9. The maximum atomic E-state index is 13.2. The zero-order valence-electron chi connectivity index (χ0n) is 16.9. The van der Waals surface area contributed by atoms with Crippen molar-refractivity contribution < 1.29 is 9.53 Å². The molecule has 2 N–H and O–H groups in total. The minimum Gasteiger partial charge on any atom is -0.383 e. The average molecular weight is 371 g/mol. The molecule has 5 rings (SSSR count). The molecule has 0 radical (unpaired) electrons. The van der Waals surface area contributed by atoms with E-state index in [-0.39, 0.29) is 10.8 Å². The summed E-state index contributed by atoms with van der Waals surface area (Å²) in [5, 5.41) is 6.57. The summed E-state index contributed by atoms with van der Waals surface area (Å²) in [5.74, 6) is 1.75. The molecular weight excluding hydrogens is 336 g/mol. The van der Waals surface area contributed by atoms with Crippen LogP contribution in [0.2, 0.25) is 0 Å². The Labute approximate surface area is 163 Å². The molecule has 4 heteroatoms. The Bertz CT molecular complexity index is 655. The summed E-state index contributed by atoms with van der Waals surface area (Å²) in [5.41, 5.74) is 2.88. The molecule has 4 nitrogen and oxygen atoms in total. The summed E-state index contributed by atoms with van der Waals surface area (Å²) in [4.78, 5) is 13.2. The van der Waals surface area contributed by atoms with Crippen molar-refractivity contribution in [2.24, 2.45) is 17.3 Å². The van der Waals surface area contributed by atoms with Gasteiger partial charge in [0.25, 0.3) is 0 Å². The van der Waals surface area contributed by atoms with Crippen molar-refractivity contribution in [1.29, 1.82) is 0 Å². The third-order valence-electron chi connectivity index (χ3n) is 7.28. The van der Waals surface area contributed by atoms with Crippen LogP contribution in [-0.4, -0.2) is 39.3 Å². The van der Waals surface area contributed by atoms with Crippen LogP contribution in [-0.2, 0) is 14.9 Å². The Morgan fingerprint density at radius 2 is 1.78 bits per heavy atom. The average Bonchev–Trinajstić information content (AvgIpc) is 2.64. The van der Waals surface area contributed by atoms with Crippen LogP contribution < -0.4 is 10.6 Å². The number of nitrogens with one attached hydrogen (secondary N) is 2. The van der Waals surface area contributed by atoms with Crippen molar-refractivity contribution in [1.82, 2.24) is 10.6 Å². The van der Waals surface area contributed by atoms with Crippen LogP contribution in [0.3, 0.4) is 0 Å². The Hall–Kier alpha value is -1.39. The molecular formula is C23H34N2O2. The predicted molar refractivity (Wildman–Crippen MR) is 108 cm³/mol. The third-order valence-corrected chi connectivity index (χ3v) is 7.28. The van der Waals surface area contributed by atoms with Crippen LogP contribution in [0.5, 0.6) is 0 Å². The molecule has 4 aliphatic carbocycles. The second-order valence-electron chi connectivity index (χ2n) is 9.39. The smallest absolute Gasteiger partial charge is 0.226 e. The van der Waals surface area contributed by atoms with Gasteiger partial charge >= 0.3 is 0 Å². The summed E-state index contributed by atoms with van der Waals surface area (Å²) in [6.45, 7) is 5.20. The molecule has 0 spiro atoms. The number of amides is 1. The van der Waals surface area contributed by atoms with E-state index < -0.39 is 0 Å². The largest absolute Gasteiger partial charge is 0.383 e. The van der Waals surface area contributed by atoms with Crippen LogP contribution in [0.15, 0.2) is 24.3 Å². The number of rotatable bonds is 8. The lowest BCUT2D eigenvalue weighted by molar-refractivity contribution is -0.149. The molecule has 0 saturated heterocycles. The number of hydrogen-bond acceptors (Lipinski definition) is 3. The molecule has 4 aliphatic rings. The summed E-state index contributed by atoms with van der Waals surface area (Å²) in [7, 11) is 1.71. The van der Waals surface area contributed by atoms with Gasteiger partial charge in [0.15, 0.2) is 0 Å².